The number of rotatable bonds is 4. The van der Waals surface area contributed by atoms with Gasteiger partial charge in [-0.25, -0.2) is 0 Å². The molecule has 0 aromatic carbocycles. The lowest BCUT2D eigenvalue weighted by Gasteiger charge is -1.92. The number of carbonyl (C=O) groups is 1. The third kappa shape index (κ3) is 3.54. The molecule has 0 aliphatic rings. The van der Waals surface area contributed by atoms with E-state index in [9.17, 15) is 4.79 Å². The van der Waals surface area contributed by atoms with Crippen molar-refractivity contribution in [3.8, 4) is 0 Å². The molecule has 10 heavy (non-hydrogen) atoms. The number of hydrogen-bond donors (Lipinski definition) is 1. The Morgan fingerprint density at radius 3 is 2.50 bits per heavy atom. The third-order valence-electron chi connectivity index (χ3n) is 0.799. The molecule has 0 aromatic heterocycles. The van der Waals surface area contributed by atoms with Crippen molar-refractivity contribution < 1.29 is 4.79 Å². The van der Waals surface area contributed by atoms with Gasteiger partial charge < -0.3 is 5.73 Å². The maximum Gasteiger partial charge on any atom is 0.223 e. The average molecular weight is 139 g/mol. The molecule has 0 saturated carbocycles. The number of amides is 1. The normalized spacial score (nSPS) is 10.6. The first-order valence-corrected chi connectivity index (χ1v) is 2.60. The zero-order valence-electron chi connectivity index (χ0n) is 5.58. The van der Waals surface area contributed by atoms with Crippen molar-refractivity contribution in [2.45, 2.75) is 6.42 Å². The van der Waals surface area contributed by atoms with E-state index in [2.05, 4.69) is 23.4 Å². The van der Waals surface area contributed by atoms with E-state index in [1.54, 1.807) is 0 Å². The molecule has 0 heterocycles. The molecule has 0 unspecified atom stereocenters. The van der Waals surface area contributed by atoms with E-state index in [1.165, 1.54) is 6.20 Å². The predicted molar refractivity (Wildman–Crippen MR) is 41.0 cm³/mol. The van der Waals surface area contributed by atoms with Gasteiger partial charge in [0.05, 0.1) is 12.1 Å². The van der Waals surface area contributed by atoms with Gasteiger partial charge in [0.1, 0.15) is 0 Å². The molecule has 1 amide bonds. The topological polar surface area (TPSA) is 67.8 Å². The third-order valence-corrected chi connectivity index (χ3v) is 0.799. The van der Waals surface area contributed by atoms with E-state index < -0.39 is 5.91 Å². The fourth-order valence-electron chi connectivity index (χ4n) is 0.426. The molecular formula is C6H9N3O. The van der Waals surface area contributed by atoms with Crippen LogP contribution in [0, 0.1) is 0 Å². The highest BCUT2D eigenvalue weighted by Gasteiger charge is 1.96. The zero-order chi connectivity index (χ0) is 7.98. The fourth-order valence-corrected chi connectivity index (χ4v) is 0.426. The van der Waals surface area contributed by atoms with Crippen molar-refractivity contribution in [1.29, 1.82) is 0 Å². The minimum atomic E-state index is -0.456. The molecule has 0 fully saturated rings. The second-order valence-corrected chi connectivity index (χ2v) is 1.60. The smallest absolute Gasteiger partial charge is 0.223 e. The number of carbonyl (C=O) groups excluding carboxylic acids is 1. The van der Waals surface area contributed by atoms with Crippen molar-refractivity contribution in [3.63, 3.8) is 0 Å². The number of nitrogens with two attached hydrogens (primary N) is 1. The summed E-state index contributed by atoms with van der Waals surface area (Å²) in [4.78, 5) is 17.2. The van der Waals surface area contributed by atoms with E-state index >= 15 is 0 Å². The Kier molecular flexibility index (Phi) is 3.79. The molecule has 4 heteroatoms. The second kappa shape index (κ2) is 4.43. The van der Waals surface area contributed by atoms with Crippen molar-refractivity contribution >= 4 is 19.3 Å². The van der Waals surface area contributed by atoms with Gasteiger partial charge in [0.15, 0.2) is 0 Å². The highest BCUT2D eigenvalue weighted by Crippen LogP contribution is 2.00. The number of hydrogen-bond acceptors (Lipinski definition) is 3. The van der Waals surface area contributed by atoms with E-state index in [0.29, 0.717) is 5.70 Å². The highest BCUT2D eigenvalue weighted by atomic mass is 16.1. The van der Waals surface area contributed by atoms with Crippen LogP contribution in [0.3, 0.4) is 0 Å². The first-order chi connectivity index (χ1) is 4.70. The molecule has 54 valence electrons. The lowest BCUT2D eigenvalue weighted by molar-refractivity contribution is -0.117. The lowest BCUT2D eigenvalue weighted by atomic mass is 10.3. The highest BCUT2D eigenvalue weighted by molar-refractivity contribution is 5.76. The van der Waals surface area contributed by atoms with Crippen LogP contribution in [0.4, 0.5) is 0 Å². The summed E-state index contributed by atoms with van der Waals surface area (Å²) < 4.78 is 0. The van der Waals surface area contributed by atoms with Gasteiger partial charge in [-0.15, -0.1) is 0 Å². The maximum atomic E-state index is 10.3. The van der Waals surface area contributed by atoms with Gasteiger partial charge in [0.2, 0.25) is 5.91 Å². The molecule has 0 rings (SSSR count). The summed E-state index contributed by atoms with van der Waals surface area (Å²) in [5.74, 6) is -0.456. The van der Waals surface area contributed by atoms with Crippen molar-refractivity contribution in [2.24, 2.45) is 15.7 Å². The minimum absolute atomic E-state index is 0.0581. The Hall–Kier alpha value is -1.45. The quantitative estimate of drug-likeness (QED) is 0.551. The first-order valence-electron chi connectivity index (χ1n) is 2.60. The van der Waals surface area contributed by atoms with E-state index in [4.69, 9.17) is 5.73 Å². The van der Waals surface area contributed by atoms with Crippen molar-refractivity contribution in [2.75, 3.05) is 0 Å². The van der Waals surface area contributed by atoms with Gasteiger partial charge in [-0.2, -0.15) is 0 Å². The van der Waals surface area contributed by atoms with Crippen LogP contribution in [-0.4, -0.2) is 19.3 Å². The molecule has 4 nitrogen and oxygen atoms in total. The molecule has 0 atom stereocenters. The molecule has 0 radical (unpaired) electrons. The summed E-state index contributed by atoms with van der Waals surface area (Å²) in [6.07, 6.45) is 1.40. The van der Waals surface area contributed by atoms with Gasteiger partial charge in [0, 0.05) is 6.20 Å². The van der Waals surface area contributed by atoms with Crippen LogP contribution in [0.15, 0.2) is 21.9 Å². The lowest BCUT2D eigenvalue weighted by Crippen LogP contribution is -2.10. The Morgan fingerprint density at radius 1 is 1.60 bits per heavy atom. The largest absolute Gasteiger partial charge is 0.369 e. The average Bonchev–Trinajstić information content (AvgIpc) is 1.86. The van der Waals surface area contributed by atoms with Crippen LogP contribution in [-0.2, 0) is 4.79 Å². The molecule has 0 saturated heterocycles. The van der Waals surface area contributed by atoms with Crippen LogP contribution in [0.5, 0.6) is 0 Å². The van der Waals surface area contributed by atoms with Gasteiger partial charge in [-0.05, 0) is 13.4 Å². The van der Waals surface area contributed by atoms with E-state index in [1.807, 2.05) is 0 Å². The number of aliphatic imine (C=N–C) groups is 2. The number of primary amides is 1. The van der Waals surface area contributed by atoms with Gasteiger partial charge in [0.25, 0.3) is 0 Å². The van der Waals surface area contributed by atoms with Gasteiger partial charge >= 0.3 is 0 Å². The molecule has 0 aliphatic carbocycles. The zero-order valence-corrected chi connectivity index (χ0v) is 5.58. The second-order valence-electron chi connectivity index (χ2n) is 1.60. The molecular weight excluding hydrogens is 130 g/mol. The Labute approximate surface area is 59.2 Å². The van der Waals surface area contributed by atoms with Crippen LogP contribution < -0.4 is 5.73 Å². The van der Waals surface area contributed by atoms with Crippen LogP contribution in [0.2, 0.25) is 0 Å². The standard InChI is InChI=1S/C6H9N3O/c1-8-4-5(9-2)3-6(7)10/h4H,1-3H2,(H2,7,10)/b5-4-. The predicted octanol–water partition coefficient (Wildman–Crippen LogP) is 0.104. The first kappa shape index (κ1) is 8.55. The van der Waals surface area contributed by atoms with Crippen molar-refractivity contribution in [3.05, 3.63) is 11.9 Å². The van der Waals surface area contributed by atoms with Gasteiger partial charge in [-0.3, -0.25) is 14.8 Å². The van der Waals surface area contributed by atoms with Crippen LogP contribution >= 0.6 is 0 Å². The summed E-state index contributed by atoms with van der Waals surface area (Å²) in [5.41, 5.74) is 5.30. The summed E-state index contributed by atoms with van der Waals surface area (Å²) in [7, 11) is 0. The molecule has 0 aromatic rings. The molecule has 2 N–H and O–H groups in total. The Bertz CT molecular complexity index is 183. The van der Waals surface area contributed by atoms with Gasteiger partial charge in [-0.1, -0.05) is 0 Å². The number of nitrogens with zero attached hydrogens (tertiary/aromatic N) is 2. The Morgan fingerprint density at radius 2 is 2.20 bits per heavy atom. The fraction of sp³-hybridized carbons (Fsp3) is 0.167. The summed E-state index contributed by atoms with van der Waals surface area (Å²) in [6, 6.07) is 0. The molecule has 0 spiro atoms. The van der Waals surface area contributed by atoms with Crippen LogP contribution in [0.25, 0.3) is 0 Å². The van der Waals surface area contributed by atoms with E-state index in [-0.39, 0.29) is 6.42 Å². The summed E-state index contributed by atoms with van der Waals surface area (Å²) in [5, 5.41) is 0. The maximum absolute atomic E-state index is 10.3. The SMILES string of the molecule is C=N/C=C(/CC(N)=O)N=C. The van der Waals surface area contributed by atoms with Crippen molar-refractivity contribution in [1.82, 2.24) is 0 Å². The molecule has 0 bridgehead atoms. The van der Waals surface area contributed by atoms with E-state index in [0.717, 1.165) is 0 Å². The summed E-state index contributed by atoms with van der Waals surface area (Å²) in [6.45, 7) is 6.41. The monoisotopic (exact) mass is 139 g/mol. The molecule has 0 aliphatic heterocycles. The minimum Gasteiger partial charge on any atom is -0.369 e. The summed E-state index contributed by atoms with van der Waals surface area (Å²) >= 11 is 0. The Balaban J connectivity index is 4.08. The van der Waals surface area contributed by atoms with Crippen LogP contribution in [0.1, 0.15) is 6.42 Å².